The van der Waals surface area contributed by atoms with Crippen LogP contribution in [-0.4, -0.2) is 47.7 Å². The molecule has 0 amide bonds. The van der Waals surface area contributed by atoms with Crippen LogP contribution in [0.15, 0.2) is 0 Å². The van der Waals surface area contributed by atoms with E-state index in [1.807, 2.05) is 6.26 Å². The molecule has 2 N–H and O–H groups in total. The van der Waals surface area contributed by atoms with E-state index in [0.29, 0.717) is 6.42 Å². The molecule has 0 aliphatic heterocycles. The van der Waals surface area contributed by atoms with Crippen LogP contribution in [0.25, 0.3) is 0 Å². The molecule has 0 spiro atoms. The summed E-state index contributed by atoms with van der Waals surface area (Å²) >= 11 is 1.61. The van der Waals surface area contributed by atoms with Gasteiger partial charge in [0.05, 0.1) is 0 Å². The van der Waals surface area contributed by atoms with Gasteiger partial charge in [0, 0.05) is 6.04 Å². The van der Waals surface area contributed by atoms with Gasteiger partial charge in [-0.2, -0.15) is 11.8 Å². The molecule has 18 heavy (non-hydrogen) atoms. The van der Waals surface area contributed by atoms with Gasteiger partial charge in [0.2, 0.25) is 0 Å². The number of carboxylic acids is 1. The lowest BCUT2D eigenvalue weighted by atomic mass is 9.97. The molecule has 0 aromatic heterocycles. The average molecular weight is 277 g/mol. The Bertz CT molecular complexity index is 288. The normalized spacial score (nSPS) is 14.9. The number of hydrogen-bond donors (Lipinski definition) is 2. The Balaban J connectivity index is 4.81. The van der Waals surface area contributed by atoms with Gasteiger partial charge in [-0.1, -0.05) is 0 Å². The van der Waals surface area contributed by atoms with Crippen molar-refractivity contribution < 1.29 is 19.4 Å². The van der Waals surface area contributed by atoms with Crippen molar-refractivity contribution in [1.29, 1.82) is 0 Å². The van der Waals surface area contributed by atoms with Gasteiger partial charge in [0.25, 0.3) is 0 Å². The standard InChI is InChI=1S/C12H23NO4S/c1-12(2,3)17-11(16)9(10(14)15)8(13-4)6-7-18-5/h8-9,13H,6-7H2,1-5H3,(H,14,15)/t8-,9?/m1/s1. The van der Waals surface area contributed by atoms with Crippen molar-refractivity contribution in [2.45, 2.75) is 38.8 Å². The van der Waals surface area contributed by atoms with Gasteiger partial charge >= 0.3 is 11.9 Å². The summed E-state index contributed by atoms with van der Waals surface area (Å²) in [5.41, 5.74) is -0.678. The molecule has 6 heteroatoms. The highest BCUT2D eigenvalue weighted by Gasteiger charge is 2.37. The van der Waals surface area contributed by atoms with Gasteiger partial charge in [0.15, 0.2) is 5.92 Å². The zero-order chi connectivity index (χ0) is 14.3. The van der Waals surface area contributed by atoms with E-state index in [1.54, 1.807) is 39.6 Å². The van der Waals surface area contributed by atoms with Crippen LogP contribution < -0.4 is 5.32 Å². The molecular weight excluding hydrogens is 254 g/mol. The van der Waals surface area contributed by atoms with Crippen molar-refractivity contribution in [2.75, 3.05) is 19.1 Å². The molecule has 0 aliphatic carbocycles. The Morgan fingerprint density at radius 3 is 2.28 bits per heavy atom. The summed E-state index contributed by atoms with van der Waals surface area (Å²) in [6.45, 7) is 5.17. The van der Waals surface area contributed by atoms with E-state index < -0.39 is 29.5 Å². The van der Waals surface area contributed by atoms with Gasteiger partial charge in [-0.25, -0.2) is 0 Å². The second kappa shape index (κ2) is 7.63. The molecule has 2 atom stereocenters. The Kier molecular flexibility index (Phi) is 7.32. The molecule has 0 rings (SSSR count). The van der Waals surface area contributed by atoms with Crippen LogP contribution in [0.5, 0.6) is 0 Å². The molecule has 0 aromatic rings. The quantitative estimate of drug-likeness (QED) is 0.541. The molecule has 0 radical (unpaired) electrons. The van der Waals surface area contributed by atoms with Crippen molar-refractivity contribution in [3.8, 4) is 0 Å². The number of carbonyl (C=O) groups is 2. The largest absolute Gasteiger partial charge is 0.481 e. The molecular formula is C12H23NO4S. The Hall–Kier alpha value is -0.750. The number of nitrogens with one attached hydrogen (secondary N) is 1. The van der Waals surface area contributed by atoms with Crippen LogP contribution >= 0.6 is 11.8 Å². The lowest BCUT2D eigenvalue weighted by Crippen LogP contribution is -2.45. The number of aliphatic carboxylic acids is 1. The van der Waals surface area contributed by atoms with Crippen LogP contribution in [0.3, 0.4) is 0 Å². The minimum Gasteiger partial charge on any atom is -0.481 e. The maximum atomic E-state index is 11.9. The fraction of sp³-hybridized carbons (Fsp3) is 0.833. The second-order valence-corrected chi connectivity index (χ2v) is 6.01. The van der Waals surface area contributed by atoms with E-state index in [1.165, 1.54) is 0 Å². The first kappa shape index (κ1) is 17.2. The van der Waals surface area contributed by atoms with E-state index in [9.17, 15) is 14.7 Å². The molecule has 0 aromatic carbocycles. The van der Waals surface area contributed by atoms with E-state index in [0.717, 1.165) is 5.75 Å². The number of hydrogen-bond acceptors (Lipinski definition) is 5. The predicted molar refractivity (Wildman–Crippen MR) is 72.8 cm³/mol. The zero-order valence-corrected chi connectivity index (χ0v) is 12.5. The third-order valence-electron chi connectivity index (χ3n) is 2.33. The van der Waals surface area contributed by atoms with Crippen LogP contribution in [0, 0.1) is 5.92 Å². The minimum absolute atomic E-state index is 0.412. The predicted octanol–water partition coefficient (Wildman–Crippen LogP) is 1.37. The summed E-state index contributed by atoms with van der Waals surface area (Å²) in [5, 5.41) is 12.1. The zero-order valence-electron chi connectivity index (χ0n) is 11.6. The van der Waals surface area contributed by atoms with Gasteiger partial charge in [0.1, 0.15) is 5.60 Å². The lowest BCUT2D eigenvalue weighted by molar-refractivity contribution is -0.168. The first-order valence-electron chi connectivity index (χ1n) is 5.84. The van der Waals surface area contributed by atoms with Crippen LogP contribution in [0.4, 0.5) is 0 Å². The van der Waals surface area contributed by atoms with Crippen LogP contribution in [0.1, 0.15) is 27.2 Å². The summed E-state index contributed by atoms with van der Waals surface area (Å²) in [4.78, 5) is 23.2. The number of esters is 1. The summed E-state index contributed by atoms with van der Waals surface area (Å²) < 4.78 is 5.16. The van der Waals surface area contributed by atoms with E-state index >= 15 is 0 Å². The van der Waals surface area contributed by atoms with Crippen LogP contribution in [-0.2, 0) is 14.3 Å². The molecule has 106 valence electrons. The number of thioether (sulfide) groups is 1. The van der Waals surface area contributed by atoms with Gasteiger partial charge in [-0.3, -0.25) is 9.59 Å². The third kappa shape index (κ3) is 6.26. The van der Waals surface area contributed by atoms with E-state index in [4.69, 9.17) is 4.74 Å². The molecule has 0 bridgehead atoms. The van der Waals surface area contributed by atoms with E-state index in [2.05, 4.69) is 5.32 Å². The monoisotopic (exact) mass is 277 g/mol. The number of carboxylic acid groups (broad SMARTS) is 1. The van der Waals surface area contributed by atoms with Crippen molar-refractivity contribution in [1.82, 2.24) is 5.32 Å². The molecule has 1 unspecified atom stereocenters. The highest BCUT2D eigenvalue weighted by molar-refractivity contribution is 7.98. The molecule has 0 saturated carbocycles. The first-order chi connectivity index (χ1) is 8.22. The van der Waals surface area contributed by atoms with Gasteiger partial charge < -0.3 is 15.2 Å². The summed E-state index contributed by atoms with van der Waals surface area (Å²) in [6.07, 6.45) is 2.55. The molecule has 0 fully saturated rings. The van der Waals surface area contributed by atoms with Crippen molar-refractivity contribution in [3.63, 3.8) is 0 Å². The summed E-state index contributed by atoms with van der Waals surface area (Å²) in [6, 6.07) is -0.412. The third-order valence-corrected chi connectivity index (χ3v) is 2.98. The van der Waals surface area contributed by atoms with Gasteiger partial charge in [-0.15, -0.1) is 0 Å². The van der Waals surface area contributed by atoms with Crippen molar-refractivity contribution in [2.24, 2.45) is 5.92 Å². The molecule has 0 saturated heterocycles. The SMILES string of the molecule is CN[C@H](CCSC)C(C(=O)O)C(=O)OC(C)(C)C. The van der Waals surface area contributed by atoms with E-state index in [-0.39, 0.29) is 0 Å². The second-order valence-electron chi connectivity index (χ2n) is 5.03. The number of ether oxygens (including phenoxy) is 1. The lowest BCUT2D eigenvalue weighted by Gasteiger charge is -2.26. The number of rotatable bonds is 7. The minimum atomic E-state index is -1.17. The van der Waals surface area contributed by atoms with Crippen molar-refractivity contribution >= 4 is 23.7 Å². The fourth-order valence-corrected chi connectivity index (χ4v) is 2.01. The molecule has 5 nitrogen and oxygen atoms in total. The van der Waals surface area contributed by atoms with Crippen molar-refractivity contribution in [3.05, 3.63) is 0 Å². The summed E-state index contributed by atoms with van der Waals surface area (Å²) in [7, 11) is 1.66. The first-order valence-corrected chi connectivity index (χ1v) is 7.24. The smallest absolute Gasteiger partial charge is 0.322 e. The topological polar surface area (TPSA) is 75.6 Å². The van der Waals surface area contributed by atoms with Gasteiger partial charge in [-0.05, 0) is 46.2 Å². The maximum Gasteiger partial charge on any atom is 0.322 e. The maximum absolute atomic E-state index is 11.9. The average Bonchev–Trinajstić information content (AvgIpc) is 2.20. The summed E-state index contributed by atoms with van der Waals surface area (Å²) in [5.74, 6) is -2.21. The molecule has 0 aliphatic rings. The Morgan fingerprint density at radius 1 is 1.39 bits per heavy atom. The van der Waals surface area contributed by atoms with Crippen LogP contribution in [0.2, 0.25) is 0 Å². The number of carbonyl (C=O) groups excluding carboxylic acids is 1. The highest BCUT2D eigenvalue weighted by Crippen LogP contribution is 2.17. The Morgan fingerprint density at radius 2 is 1.94 bits per heavy atom. The Labute approximate surface area is 113 Å². The molecule has 0 heterocycles. The highest BCUT2D eigenvalue weighted by atomic mass is 32.2. The fourth-order valence-electron chi connectivity index (χ4n) is 1.52.